The minimum Gasteiger partial charge on any atom is -0.428 e. The lowest BCUT2D eigenvalue weighted by molar-refractivity contribution is -0.0448. The first-order valence-corrected chi connectivity index (χ1v) is 5.47. The lowest BCUT2D eigenvalue weighted by atomic mass is 10.3. The van der Waals surface area contributed by atoms with E-state index in [4.69, 9.17) is 0 Å². The fraction of sp³-hybridized carbons (Fsp3) is 0.125. The molecule has 0 atom stereocenters. The van der Waals surface area contributed by atoms with Gasteiger partial charge in [-0.25, -0.2) is 8.42 Å². The smallest absolute Gasteiger partial charge is 0.428 e. The number of fused-ring (bicyclic) bond motifs is 1. The van der Waals surface area contributed by atoms with Gasteiger partial charge in [0.1, 0.15) is 5.52 Å². The molecule has 86 valence electrons. The van der Waals surface area contributed by atoms with Gasteiger partial charge < -0.3 is 4.42 Å². The van der Waals surface area contributed by atoms with Crippen LogP contribution in [0.3, 0.4) is 0 Å². The van der Waals surface area contributed by atoms with Gasteiger partial charge in [0, 0.05) is 0 Å². The maximum Gasteiger partial charge on any atom is 0.506 e. The van der Waals surface area contributed by atoms with Crippen molar-refractivity contribution in [1.29, 1.82) is 0 Å². The molecule has 1 aromatic heterocycles. The number of oxazole rings is 1. The number of halogens is 3. The van der Waals surface area contributed by atoms with Crippen LogP contribution in [0.25, 0.3) is 11.1 Å². The standard InChI is InChI=1S/C8H4F3NO3S/c9-8(10,11)16(13,14)7-12-5-3-1-2-4-6(5)15-7/h1-4H. The van der Waals surface area contributed by atoms with Crippen LogP contribution in [-0.2, 0) is 9.84 Å². The van der Waals surface area contributed by atoms with E-state index in [1.54, 1.807) is 0 Å². The first kappa shape index (κ1) is 10.9. The lowest BCUT2D eigenvalue weighted by Crippen LogP contribution is -2.23. The van der Waals surface area contributed by atoms with Gasteiger partial charge in [-0.2, -0.15) is 18.2 Å². The molecular weight excluding hydrogens is 247 g/mol. The van der Waals surface area contributed by atoms with Gasteiger partial charge >= 0.3 is 20.6 Å². The molecule has 2 rings (SSSR count). The van der Waals surface area contributed by atoms with Crippen LogP contribution in [-0.4, -0.2) is 18.9 Å². The molecule has 0 unspecified atom stereocenters. The molecule has 0 N–H and O–H groups in total. The van der Waals surface area contributed by atoms with Crippen molar-refractivity contribution in [3.63, 3.8) is 0 Å². The maximum absolute atomic E-state index is 12.2. The van der Waals surface area contributed by atoms with E-state index in [2.05, 4.69) is 9.40 Å². The highest BCUT2D eigenvalue weighted by Gasteiger charge is 2.50. The normalized spacial score (nSPS) is 13.2. The highest BCUT2D eigenvalue weighted by Crippen LogP contribution is 2.31. The maximum atomic E-state index is 12.2. The van der Waals surface area contributed by atoms with Crippen LogP contribution in [0.15, 0.2) is 33.9 Å². The summed E-state index contributed by atoms with van der Waals surface area (Å²) in [5.74, 6) is 0. The molecular formula is C8H4F3NO3S. The van der Waals surface area contributed by atoms with Crippen molar-refractivity contribution in [3.8, 4) is 0 Å². The number of hydrogen-bond acceptors (Lipinski definition) is 4. The number of aromatic nitrogens is 1. The molecule has 2 aromatic rings. The van der Waals surface area contributed by atoms with Crippen LogP contribution >= 0.6 is 0 Å². The highest BCUT2D eigenvalue weighted by molar-refractivity contribution is 7.92. The molecule has 0 bridgehead atoms. The Hall–Kier alpha value is -1.57. The number of benzene rings is 1. The molecule has 1 aromatic carbocycles. The average molecular weight is 251 g/mol. The van der Waals surface area contributed by atoms with Crippen molar-refractivity contribution in [2.24, 2.45) is 0 Å². The minimum atomic E-state index is -5.52. The van der Waals surface area contributed by atoms with E-state index in [0.717, 1.165) is 0 Å². The second kappa shape index (κ2) is 3.21. The summed E-state index contributed by atoms with van der Waals surface area (Å²) in [5.41, 5.74) is -5.36. The van der Waals surface area contributed by atoms with Gasteiger partial charge in [0.2, 0.25) is 0 Å². The summed E-state index contributed by atoms with van der Waals surface area (Å²) in [4.78, 5) is 3.28. The topological polar surface area (TPSA) is 60.2 Å². The van der Waals surface area contributed by atoms with Crippen molar-refractivity contribution < 1.29 is 26.0 Å². The van der Waals surface area contributed by atoms with E-state index in [-0.39, 0.29) is 11.1 Å². The Labute approximate surface area is 87.6 Å². The van der Waals surface area contributed by atoms with Crippen LogP contribution in [0.1, 0.15) is 0 Å². The van der Waals surface area contributed by atoms with Gasteiger partial charge in [-0.05, 0) is 12.1 Å². The summed E-state index contributed by atoms with van der Waals surface area (Å²) in [5, 5.41) is -1.33. The summed E-state index contributed by atoms with van der Waals surface area (Å²) in [6.07, 6.45) is 0. The quantitative estimate of drug-likeness (QED) is 0.778. The monoisotopic (exact) mass is 251 g/mol. The summed E-state index contributed by atoms with van der Waals surface area (Å²) < 4.78 is 62.9. The lowest BCUT2D eigenvalue weighted by Gasteiger charge is -2.02. The van der Waals surface area contributed by atoms with Crippen LogP contribution in [0.5, 0.6) is 0 Å². The van der Waals surface area contributed by atoms with Crippen LogP contribution in [0.4, 0.5) is 13.2 Å². The fourth-order valence-corrected chi connectivity index (χ4v) is 1.68. The fourth-order valence-electron chi connectivity index (χ4n) is 1.07. The zero-order chi connectivity index (χ0) is 12.0. The van der Waals surface area contributed by atoms with Crippen molar-refractivity contribution in [2.75, 3.05) is 0 Å². The van der Waals surface area contributed by atoms with E-state index in [1.165, 1.54) is 24.3 Å². The van der Waals surface area contributed by atoms with Crippen molar-refractivity contribution in [2.45, 2.75) is 10.7 Å². The van der Waals surface area contributed by atoms with Crippen LogP contribution in [0, 0.1) is 0 Å². The van der Waals surface area contributed by atoms with Crippen LogP contribution in [0.2, 0.25) is 0 Å². The Morgan fingerprint density at radius 1 is 1.19 bits per heavy atom. The molecule has 0 aliphatic rings. The Balaban J connectivity index is 2.66. The summed E-state index contributed by atoms with van der Waals surface area (Å²) in [6.45, 7) is 0. The summed E-state index contributed by atoms with van der Waals surface area (Å²) >= 11 is 0. The van der Waals surface area contributed by atoms with Crippen LogP contribution < -0.4 is 0 Å². The van der Waals surface area contributed by atoms with Gasteiger partial charge in [0.15, 0.2) is 5.58 Å². The second-order valence-corrected chi connectivity index (χ2v) is 4.72. The van der Waals surface area contributed by atoms with E-state index in [0.29, 0.717) is 0 Å². The Morgan fingerprint density at radius 2 is 1.81 bits per heavy atom. The van der Waals surface area contributed by atoms with Gasteiger partial charge in [0.25, 0.3) is 0 Å². The van der Waals surface area contributed by atoms with Gasteiger partial charge in [-0.1, -0.05) is 12.1 Å². The number of sulfone groups is 1. The van der Waals surface area contributed by atoms with Crippen molar-refractivity contribution in [1.82, 2.24) is 4.98 Å². The third-order valence-electron chi connectivity index (χ3n) is 1.81. The predicted molar refractivity (Wildman–Crippen MR) is 47.2 cm³/mol. The van der Waals surface area contributed by atoms with Crippen molar-refractivity contribution >= 4 is 20.9 Å². The second-order valence-electron chi connectivity index (χ2n) is 2.90. The molecule has 0 fully saturated rings. The van der Waals surface area contributed by atoms with Crippen molar-refractivity contribution in [3.05, 3.63) is 24.3 Å². The first-order chi connectivity index (χ1) is 7.32. The zero-order valence-electron chi connectivity index (χ0n) is 7.52. The molecule has 0 aliphatic heterocycles. The molecule has 0 saturated heterocycles. The predicted octanol–water partition coefficient (Wildman–Crippen LogP) is 2.12. The summed E-state index contributed by atoms with van der Waals surface area (Å²) in [6, 6.07) is 5.69. The van der Waals surface area contributed by atoms with E-state index in [9.17, 15) is 21.6 Å². The molecule has 8 heteroatoms. The molecule has 0 saturated carbocycles. The number of para-hydroxylation sites is 2. The number of hydrogen-bond donors (Lipinski definition) is 0. The van der Waals surface area contributed by atoms with Gasteiger partial charge in [-0.15, -0.1) is 0 Å². The number of nitrogens with zero attached hydrogens (tertiary/aromatic N) is 1. The van der Waals surface area contributed by atoms with E-state index in [1.807, 2.05) is 0 Å². The Bertz CT molecular complexity index is 596. The number of alkyl halides is 3. The molecule has 1 heterocycles. The van der Waals surface area contributed by atoms with E-state index < -0.39 is 20.6 Å². The average Bonchev–Trinajstić information content (AvgIpc) is 2.59. The zero-order valence-corrected chi connectivity index (χ0v) is 8.34. The number of rotatable bonds is 1. The molecule has 16 heavy (non-hydrogen) atoms. The third-order valence-corrected chi connectivity index (χ3v) is 3.05. The van der Waals surface area contributed by atoms with Gasteiger partial charge in [-0.3, -0.25) is 0 Å². The third kappa shape index (κ3) is 1.54. The largest absolute Gasteiger partial charge is 0.506 e. The molecule has 4 nitrogen and oxygen atoms in total. The highest BCUT2D eigenvalue weighted by atomic mass is 32.2. The first-order valence-electron chi connectivity index (χ1n) is 3.99. The Kier molecular flexibility index (Phi) is 2.19. The van der Waals surface area contributed by atoms with E-state index >= 15 is 0 Å². The van der Waals surface area contributed by atoms with Gasteiger partial charge in [0.05, 0.1) is 0 Å². The molecule has 0 aliphatic carbocycles. The summed E-state index contributed by atoms with van der Waals surface area (Å²) in [7, 11) is -5.52. The molecule has 0 spiro atoms. The minimum absolute atomic E-state index is 0.00896. The SMILES string of the molecule is O=S(=O)(c1nc2ccccc2o1)C(F)(F)F. The Morgan fingerprint density at radius 3 is 2.38 bits per heavy atom. The molecule has 0 radical (unpaired) electrons. The molecule has 0 amide bonds.